The van der Waals surface area contributed by atoms with Crippen molar-refractivity contribution in [3.63, 3.8) is 0 Å². The molecule has 1 saturated heterocycles. The molecule has 0 spiro atoms. The quantitative estimate of drug-likeness (QED) is 0.866. The third kappa shape index (κ3) is 3.98. The van der Waals surface area contributed by atoms with Gasteiger partial charge < -0.3 is 10.6 Å². The van der Waals surface area contributed by atoms with Gasteiger partial charge in [-0.2, -0.15) is 5.10 Å². The van der Waals surface area contributed by atoms with Gasteiger partial charge in [-0.3, -0.25) is 14.4 Å². The van der Waals surface area contributed by atoms with Gasteiger partial charge in [0.15, 0.2) is 5.82 Å². The highest BCUT2D eigenvalue weighted by Gasteiger charge is 2.32. The van der Waals surface area contributed by atoms with Crippen molar-refractivity contribution in [2.45, 2.75) is 38.8 Å². The molecular formula is C16H22N6O2S. The van der Waals surface area contributed by atoms with Crippen LogP contribution < -0.4 is 15.5 Å². The van der Waals surface area contributed by atoms with Gasteiger partial charge >= 0.3 is 6.03 Å². The Balaban J connectivity index is 1.59. The smallest absolute Gasteiger partial charge is 0.315 e. The van der Waals surface area contributed by atoms with Crippen molar-refractivity contribution in [2.75, 3.05) is 11.4 Å². The van der Waals surface area contributed by atoms with E-state index in [2.05, 4.69) is 20.7 Å². The maximum atomic E-state index is 12.7. The van der Waals surface area contributed by atoms with Crippen molar-refractivity contribution in [3.8, 4) is 0 Å². The predicted octanol–water partition coefficient (Wildman–Crippen LogP) is 1.74. The van der Waals surface area contributed by atoms with Crippen LogP contribution in [0.4, 0.5) is 10.6 Å². The summed E-state index contributed by atoms with van der Waals surface area (Å²) in [5.74, 6) is 0.490. The van der Waals surface area contributed by atoms with E-state index >= 15 is 0 Å². The molecule has 8 nitrogen and oxygen atoms in total. The van der Waals surface area contributed by atoms with Gasteiger partial charge in [0, 0.05) is 36.9 Å². The number of piperidine rings is 1. The highest BCUT2D eigenvalue weighted by Crippen LogP contribution is 2.20. The zero-order valence-electron chi connectivity index (χ0n) is 14.5. The lowest BCUT2D eigenvalue weighted by molar-refractivity contribution is -0.121. The summed E-state index contributed by atoms with van der Waals surface area (Å²) < 4.78 is 1.66. The predicted molar refractivity (Wildman–Crippen MR) is 95.5 cm³/mol. The van der Waals surface area contributed by atoms with Crippen LogP contribution in [0.15, 0.2) is 17.6 Å². The lowest BCUT2D eigenvalue weighted by Crippen LogP contribution is -2.54. The second kappa shape index (κ2) is 7.22. The number of amides is 3. The van der Waals surface area contributed by atoms with Crippen molar-refractivity contribution in [2.24, 2.45) is 7.05 Å². The molecule has 2 aromatic heterocycles. The van der Waals surface area contributed by atoms with Gasteiger partial charge in [0.1, 0.15) is 11.0 Å². The molecule has 2 aromatic rings. The molecule has 1 fully saturated rings. The first-order valence-electron chi connectivity index (χ1n) is 8.24. The Morgan fingerprint density at radius 1 is 1.48 bits per heavy atom. The molecule has 3 heterocycles. The summed E-state index contributed by atoms with van der Waals surface area (Å²) in [5.41, 5.74) is 0.933. The number of hydrogen-bond donors (Lipinski definition) is 2. The van der Waals surface area contributed by atoms with E-state index in [1.165, 1.54) is 11.3 Å². The van der Waals surface area contributed by atoms with Crippen LogP contribution in [0.2, 0.25) is 0 Å². The standard InChI is InChI=1S/C16H22N6O2S/c1-10-9-25-14(17-10)11(2)18-16(24)19-12-5-4-7-22(15(12)23)13-6-8-21(3)20-13/h6,8-9,11-12H,4-5,7H2,1-3H3,(H2,18,19,24)/t11-,12-/m1/s1. The fraction of sp³-hybridized carbons (Fsp3) is 0.500. The monoisotopic (exact) mass is 362 g/mol. The first-order valence-corrected chi connectivity index (χ1v) is 9.12. The van der Waals surface area contributed by atoms with E-state index in [1.807, 2.05) is 26.3 Å². The van der Waals surface area contributed by atoms with Gasteiger partial charge in [0.25, 0.3) is 5.91 Å². The fourth-order valence-electron chi connectivity index (χ4n) is 2.81. The number of rotatable bonds is 4. The van der Waals surface area contributed by atoms with Crippen LogP contribution in [-0.2, 0) is 11.8 Å². The Labute approximate surface area is 150 Å². The van der Waals surface area contributed by atoms with Crippen molar-refractivity contribution >= 4 is 29.1 Å². The van der Waals surface area contributed by atoms with Crippen molar-refractivity contribution in [1.29, 1.82) is 0 Å². The summed E-state index contributed by atoms with van der Waals surface area (Å²) >= 11 is 1.51. The van der Waals surface area contributed by atoms with E-state index in [1.54, 1.807) is 21.8 Å². The second-order valence-electron chi connectivity index (χ2n) is 6.20. The van der Waals surface area contributed by atoms with Gasteiger partial charge in [-0.1, -0.05) is 0 Å². The number of anilines is 1. The summed E-state index contributed by atoms with van der Waals surface area (Å²) in [6, 6.07) is 0.694. The number of hydrogen-bond acceptors (Lipinski definition) is 5. The van der Waals surface area contributed by atoms with Crippen LogP contribution in [0.25, 0.3) is 0 Å². The Kier molecular flexibility index (Phi) is 5.03. The lowest BCUT2D eigenvalue weighted by Gasteiger charge is -2.31. The number of carbonyl (C=O) groups excluding carboxylic acids is 2. The minimum Gasteiger partial charge on any atom is -0.329 e. The number of nitrogens with zero attached hydrogens (tertiary/aromatic N) is 4. The third-order valence-electron chi connectivity index (χ3n) is 4.07. The maximum absolute atomic E-state index is 12.7. The molecule has 1 aliphatic rings. The molecule has 134 valence electrons. The number of aromatic nitrogens is 3. The summed E-state index contributed by atoms with van der Waals surface area (Å²) in [4.78, 5) is 30.9. The number of thiazole rings is 1. The van der Waals surface area contributed by atoms with Crippen molar-refractivity contribution in [1.82, 2.24) is 25.4 Å². The molecule has 3 rings (SSSR count). The molecule has 9 heteroatoms. The Bertz CT molecular complexity index is 770. The van der Waals surface area contributed by atoms with Crippen LogP contribution in [0.1, 0.15) is 36.5 Å². The topological polar surface area (TPSA) is 92.2 Å². The van der Waals surface area contributed by atoms with Crippen LogP contribution in [0.5, 0.6) is 0 Å². The van der Waals surface area contributed by atoms with Gasteiger partial charge in [-0.05, 0) is 26.7 Å². The summed E-state index contributed by atoms with van der Waals surface area (Å²) in [6.45, 7) is 4.41. The number of aryl methyl sites for hydroxylation is 2. The van der Waals surface area contributed by atoms with E-state index in [0.29, 0.717) is 18.8 Å². The van der Waals surface area contributed by atoms with Gasteiger partial charge in [0.2, 0.25) is 0 Å². The van der Waals surface area contributed by atoms with Gasteiger partial charge in [-0.15, -0.1) is 11.3 Å². The molecule has 3 amide bonds. The van der Waals surface area contributed by atoms with E-state index in [0.717, 1.165) is 17.1 Å². The average molecular weight is 362 g/mol. The van der Waals surface area contributed by atoms with Crippen LogP contribution in [-0.4, -0.2) is 39.3 Å². The molecule has 2 atom stereocenters. The zero-order chi connectivity index (χ0) is 18.0. The van der Waals surface area contributed by atoms with Gasteiger partial charge in [-0.25, -0.2) is 9.78 Å². The second-order valence-corrected chi connectivity index (χ2v) is 7.09. The molecule has 0 aliphatic carbocycles. The fourth-order valence-corrected chi connectivity index (χ4v) is 3.62. The van der Waals surface area contributed by atoms with E-state index in [9.17, 15) is 9.59 Å². The zero-order valence-corrected chi connectivity index (χ0v) is 15.3. The van der Waals surface area contributed by atoms with E-state index in [4.69, 9.17) is 0 Å². The SMILES string of the molecule is Cc1csc([C@@H](C)NC(=O)N[C@@H]2CCCN(c3ccn(C)n3)C2=O)n1. The summed E-state index contributed by atoms with van der Waals surface area (Å²) in [6.07, 6.45) is 3.23. The minimum absolute atomic E-state index is 0.127. The van der Waals surface area contributed by atoms with Gasteiger partial charge in [0.05, 0.1) is 6.04 Å². The summed E-state index contributed by atoms with van der Waals surface area (Å²) in [5, 5.41) is 12.7. The number of carbonyl (C=O) groups is 2. The molecule has 0 bridgehead atoms. The first-order chi connectivity index (χ1) is 11.9. The Morgan fingerprint density at radius 2 is 2.28 bits per heavy atom. The normalized spacial score (nSPS) is 18.9. The molecule has 2 N–H and O–H groups in total. The lowest BCUT2D eigenvalue weighted by atomic mass is 10.1. The molecule has 0 radical (unpaired) electrons. The molecular weight excluding hydrogens is 340 g/mol. The number of urea groups is 1. The molecule has 0 aromatic carbocycles. The minimum atomic E-state index is -0.541. The van der Waals surface area contributed by atoms with Crippen molar-refractivity contribution in [3.05, 3.63) is 28.3 Å². The van der Waals surface area contributed by atoms with E-state index < -0.39 is 6.04 Å². The molecule has 0 saturated carbocycles. The highest BCUT2D eigenvalue weighted by atomic mass is 32.1. The van der Waals surface area contributed by atoms with Crippen LogP contribution in [0.3, 0.4) is 0 Å². The van der Waals surface area contributed by atoms with Crippen LogP contribution in [0, 0.1) is 6.92 Å². The molecule has 0 unspecified atom stereocenters. The number of nitrogens with one attached hydrogen (secondary N) is 2. The molecule has 25 heavy (non-hydrogen) atoms. The maximum Gasteiger partial charge on any atom is 0.315 e. The summed E-state index contributed by atoms with van der Waals surface area (Å²) in [7, 11) is 1.81. The van der Waals surface area contributed by atoms with Crippen LogP contribution >= 0.6 is 11.3 Å². The van der Waals surface area contributed by atoms with Crippen molar-refractivity contribution < 1.29 is 9.59 Å². The largest absolute Gasteiger partial charge is 0.329 e. The third-order valence-corrected chi connectivity index (χ3v) is 5.22. The highest BCUT2D eigenvalue weighted by molar-refractivity contribution is 7.09. The Morgan fingerprint density at radius 3 is 2.92 bits per heavy atom. The van der Waals surface area contributed by atoms with E-state index in [-0.39, 0.29) is 18.0 Å². The molecule has 1 aliphatic heterocycles. The first kappa shape index (κ1) is 17.4. The Hall–Kier alpha value is -2.42. The average Bonchev–Trinajstić information content (AvgIpc) is 3.18.